The lowest BCUT2D eigenvalue weighted by molar-refractivity contribution is -0.134. The van der Waals surface area contributed by atoms with Crippen LogP contribution in [0.15, 0.2) is 24.8 Å². The summed E-state index contributed by atoms with van der Waals surface area (Å²) in [5.74, 6) is -2.51. The summed E-state index contributed by atoms with van der Waals surface area (Å²) in [5, 5.41) is 15.6. The summed E-state index contributed by atoms with van der Waals surface area (Å²) in [5.41, 5.74) is 0. The van der Waals surface area contributed by atoms with Crippen LogP contribution in [-0.4, -0.2) is 28.4 Å². The summed E-state index contributed by atoms with van der Waals surface area (Å²) in [7, 11) is 0. The molecule has 0 aliphatic rings. The molecule has 0 spiro atoms. The Kier molecular flexibility index (Phi) is 9.65. The summed E-state index contributed by atoms with van der Waals surface area (Å²) in [6, 6.07) is 0. The Morgan fingerprint density at radius 2 is 1.33 bits per heavy atom. The molecule has 0 aromatic rings. The number of carbonyl (C=O) groups excluding carboxylic acids is 1. The van der Waals surface area contributed by atoms with E-state index in [1.54, 1.807) is 0 Å². The van der Waals surface area contributed by atoms with Gasteiger partial charge in [0, 0.05) is 12.2 Å². The van der Waals surface area contributed by atoms with Crippen molar-refractivity contribution in [1.82, 2.24) is 0 Å². The number of aliphatic carboxylic acids is 2. The van der Waals surface area contributed by atoms with Gasteiger partial charge in [0.05, 0.1) is 0 Å². The summed E-state index contributed by atoms with van der Waals surface area (Å²) < 4.78 is 0. The van der Waals surface area contributed by atoms with Gasteiger partial charge in [-0.2, -0.15) is 0 Å². The molecule has 0 radical (unpaired) electrons. The van der Waals surface area contributed by atoms with Crippen LogP contribution in [0.3, 0.4) is 0 Å². The van der Waals surface area contributed by atoms with E-state index in [0.29, 0.717) is 18.4 Å². The number of carboxylic acid groups (broad SMARTS) is 2. The van der Waals surface area contributed by atoms with Crippen LogP contribution in [0.2, 0.25) is 0 Å². The van der Waals surface area contributed by atoms with Gasteiger partial charge in [-0.25, -0.2) is 9.59 Å². The molecule has 0 aromatic carbocycles. The minimum atomic E-state index is -1.26. The number of aldehydes is 1. The fraction of sp³-hybridized carbons (Fsp3) is 0. The Balaban J connectivity index is 0. The van der Waals surface area contributed by atoms with E-state index in [0.717, 1.165) is 0 Å². The molecule has 0 fully saturated rings. The van der Waals surface area contributed by atoms with Crippen LogP contribution in [0.4, 0.5) is 0 Å². The van der Waals surface area contributed by atoms with Crippen molar-refractivity contribution in [3.8, 4) is 0 Å². The second kappa shape index (κ2) is 9.09. The average molecular weight is 172 g/mol. The van der Waals surface area contributed by atoms with Crippen LogP contribution in [-0.2, 0) is 14.4 Å². The maximum atomic E-state index is 9.55. The van der Waals surface area contributed by atoms with Gasteiger partial charge < -0.3 is 10.2 Å². The first-order valence-electron chi connectivity index (χ1n) is 2.74. The third-order valence-electron chi connectivity index (χ3n) is 0.465. The van der Waals surface area contributed by atoms with Crippen molar-refractivity contribution in [3.05, 3.63) is 24.8 Å². The highest BCUT2D eigenvalue weighted by molar-refractivity contribution is 5.89. The number of hydrogen-bond acceptors (Lipinski definition) is 3. The molecule has 2 N–H and O–H groups in total. The first kappa shape index (κ1) is 12.7. The van der Waals surface area contributed by atoms with Crippen LogP contribution in [0.5, 0.6) is 0 Å². The summed E-state index contributed by atoms with van der Waals surface area (Å²) in [6.45, 7) is 3.11. The Labute approximate surface area is 68.6 Å². The van der Waals surface area contributed by atoms with Gasteiger partial charge in [0.15, 0.2) is 0 Å². The first-order valence-corrected chi connectivity index (χ1v) is 2.74. The third kappa shape index (κ3) is 24.3. The minimum absolute atomic E-state index is 0.558. The van der Waals surface area contributed by atoms with Crippen LogP contribution in [0.25, 0.3) is 0 Å². The molecule has 0 amide bonds. The number of allylic oxidation sites excluding steroid dienone is 1. The van der Waals surface area contributed by atoms with Gasteiger partial charge >= 0.3 is 11.9 Å². The number of hydrogen-bond donors (Lipinski definition) is 2. The van der Waals surface area contributed by atoms with Crippen molar-refractivity contribution in [2.45, 2.75) is 0 Å². The molecule has 0 unspecified atom stereocenters. The van der Waals surface area contributed by atoms with Crippen LogP contribution < -0.4 is 0 Å². The zero-order chi connectivity index (χ0) is 9.98. The van der Waals surface area contributed by atoms with Gasteiger partial charge in [-0.1, -0.05) is 6.58 Å². The van der Waals surface area contributed by atoms with Gasteiger partial charge in [0.25, 0.3) is 0 Å². The molecule has 0 aromatic heterocycles. The lowest BCUT2D eigenvalue weighted by Crippen LogP contribution is -1.91. The molecule has 0 saturated heterocycles. The van der Waals surface area contributed by atoms with E-state index < -0.39 is 11.9 Å². The van der Waals surface area contributed by atoms with Crippen molar-refractivity contribution in [2.24, 2.45) is 0 Å². The van der Waals surface area contributed by atoms with Crippen molar-refractivity contribution in [1.29, 1.82) is 0 Å². The molecule has 0 atom stereocenters. The zero-order valence-electron chi connectivity index (χ0n) is 6.14. The Morgan fingerprint density at radius 3 is 1.42 bits per heavy atom. The zero-order valence-corrected chi connectivity index (χ0v) is 6.14. The second-order valence-electron chi connectivity index (χ2n) is 1.38. The van der Waals surface area contributed by atoms with Crippen LogP contribution in [0.1, 0.15) is 0 Å². The summed E-state index contributed by atoms with van der Waals surface area (Å²) in [6.07, 6.45) is 2.95. The van der Waals surface area contributed by atoms with Crippen molar-refractivity contribution in [3.63, 3.8) is 0 Å². The summed E-state index contributed by atoms with van der Waals surface area (Å²) in [4.78, 5) is 28.2. The standard InChI is InChI=1S/C4H4O4.C3H4O/c5-3(6)1-2-4(7)8;1-2-3-4/h1-2H,(H,5,6)(H,7,8);2-3H,1H2. The molecule has 5 nitrogen and oxygen atoms in total. The molecule has 0 aliphatic carbocycles. The minimum Gasteiger partial charge on any atom is -0.478 e. The molecule has 66 valence electrons. The Bertz CT molecular complexity index is 182. The predicted molar refractivity (Wildman–Crippen MR) is 40.7 cm³/mol. The van der Waals surface area contributed by atoms with E-state index in [4.69, 9.17) is 15.0 Å². The monoisotopic (exact) mass is 172 g/mol. The number of carbonyl (C=O) groups is 3. The Morgan fingerprint density at radius 1 is 1.08 bits per heavy atom. The highest BCUT2D eigenvalue weighted by Gasteiger charge is 1.88. The molecule has 12 heavy (non-hydrogen) atoms. The Hall–Kier alpha value is -1.91. The molecular weight excluding hydrogens is 164 g/mol. The quantitative estimate of drug-likeness (QED) is 0.464. The SMILES string of the molecule is C=CC=O.O=C(O)C=CC(=O)O. The van der Waals surface area contributed by atoms with E-state index in [-0.39, 0.29) is 0 Å². The van der Waals surface area contributed by atoms with Gasteiger partial charge in [0.2, 0.25) is 0 Å². The number of rotatable bonds is 3. The van der Waals surface area contributed by atoms with Crippen molar-refractivity contribution < 1.29 is 24.6 Å². The highest BCUT2D eigenvalue weighted by Crippen LogP contribution is 1.70. The molecule has 0 bridgehead atoms. The topological polar surface area (TPSA) is 91.7 Å². The first-order chi connectivity index (χ1) is 5.54. The van der Waals surface area contributed by atoms with E-state index in [9.17, 15) is 9.59 Å². The summed E-state index contributed by atoms with van der Waals surface area (Å²) >= 11 is 0. The fourth-order valence-corrected chi connectivity index (χ4v) is 0.143. The average Bonchev–Trinajstić information content (AvgIpc) is 2.01. The highest BCUT2D eigenvalue weighted by atomic mass is 16.4. The lowest BCUT2D eigenvalue weighted by Gasteiger charge is -1.74. The maximum absolute atomic E-state index is 9.55. The second-order valence-corrected chi connectivity index (χ2v) is 1.38. The van der Waals surface area contributed by atoms with E-state index in [1.165, 1.54) is 6.08 Å². The molecule has 0 aliphatic heterocycles. The van der Waals surface area contributed by atoms with Crippen molar-refractivity contribution >= 4 is 18.2 Å². The maximum Gasteiger partial charge on any atom is 0.328 e. The fourth-order valence-electron chi connectivity index (χ4n) is 0.143. The van der Waals surface area contributed by atoms with E-state index >= 15 is 0 Å². The van der Waals surface area contributed by atoms with Crippen LogP contribution >= 0.6 is 0 Å². The molecule has 0 saturated carbocycles. The molecule has 0 heterocycles. The van der Waals surface area contributed by atoms with Crippen molar-refractivity contribution in [2.75, 3.05) is 0 Å². The molecule has 0 rings (SSSR count). The smallest absolute Gasteiger partial charge is 0.328 e. The van der Waals surface area contributed by atoms with Gasteiger partial charge in [-0.05, 0) is 6.08 Å². The van der Waals surface area contributed by atoms with Crippen LogP contribution in [0, 0.1) is 0 Å². The lowest BCUT2D eigenvalue weighted by atomic mass is 10.5. The van der Waals surface area contributed by atoms with E-state index in [2.05, 4.69) is 6.58 Å². The normalized spacial score (nSPS) is 8.00. The van der Waals surface area contributed by atoms with Gasteiger partial charge in [-0.3, -0.25) is 4.79 Å². The predicted octanol–water partition coefficient (Wildman–Crippen LogP) is 0.0831. The largest absolute Gasteiger partial charge is 0.478 e. The van der Waals surface area contributed by atoms with Gasteiger partial charge in [0.1, 0.15) is 6.29 Å². The van der Waals surface area contributed by atoms with Gasteiger partial charge in [-0.15, -0.1) is 0 Å². The molecule has 5 heteroatoms. The van der Waals surface area contributed by atoms with E-state index in [1.807, 2.05) is 0 Å². The number of carboxylic acids is 2. The molecular formula is C7H8O5. The third-order valence-corrected chi connectivity index (χ3v) is 0.465.